The molecule has 0 saturated carbocycles. The summed E-state index contributed by atoms with van der Waals surface area (Å²) in [4.78, 5) is 0. The van der Waals surface area contributed by atoms with Gasteiger partial charge in [0.05, 0.1) is 19.8 Å². The molecule has 18 heavy (non-hydrogen) atoms. The average molecular weight is 281 g/mol. The second kappa shape index (κ2) is 12.2. The molecule has 0 atom stereocenters. The number of unbranched alkanes of at least 4 members (excludes halogenated alkanes) is 1. The molecule has 3 nitrogen and oxygen atoms in total. The van der Waals surface area contributed by atoms with Crippen LogP contribution in [0.25, 0.3) is 0 Å². The zero-order valence-electron chi connectivity index (χ0n) is 12.2. The summed E-state index contributed by atoms with van der Waals surface area (Å²) >= 11 is 5.72. The van der Waals surface area contributed by atoms with E-state index in [4.69, 9.17) is 25.8 Å². The van der Waals surface area contributed by atoms with Crippen molar-refractivity contribution in [2.45, 2.75) is 65.3 Å². The molecule has 0 aliphatic heterocycles. The minimum absolute atomic E-state index is 0.661. The number of hydrogen-bond acceptors (Lipinski definition) is 3. The molecule has 0 aliphatic carbocycles. The van der Waals surface area contributed by atoms with E-state index in [1.807, 2.05) is 0 Å². The van der Waals surface area contributed by atoms with Crippen LogP contribution in [0.2, 0.25) is 0 Å². The summed E-state index contributed by atoms with van der Waals surface area (Å²) in [5.74, 6) is -0.181. The normalized spacial score (nSPS) is 12.0. The summed E-state index contributed by atoms with van der Waals surface area (Å²) in [6, 6.07) is 0. The molecule has 0 fully saturated rings. The predicted molar refractivity (Wildman–Crippen MR) is 76.0 cm³/mol. The molecule has 0 amide bonds. The Morgan fingerprint density at radius 1 is 0.778 bits per heavy atom. The van der Waals surface area contributed by atoms with Gasteiger partial charge >= 0.3 is 0 Å². The van der Waals surface area contributed by atoms with Crippen molar-refractivity contribution in [1.29, 1.82) is 0 Å². The zero-order chi connectivity index (χ0) is 13.7. The van der Waals surface area contributed by atoms with Crippen LogP contribution in [0.1, 0.15) is 59.3 Å². The number of ether oxygens (including phenoxy) is 3. The minimum atomic E-state index is -0.853. The van der Waals surface area contributed by atoms with E-state index in [9.17, 15) is 0 Å². The minimum Gasteiger partial charge on any atom is -0.327 e. The van der Waals surface area contributed by atoms with Gasteiger partial charge in [0.2, 0.25) is 0 Å². The van der Waals surface area contributed by atoms with Crippen LogP contribution < -0.4 is 0 Å². The van der Waals surface area contributed by atoms with Crippen LogP contribution in [0, 0.1) is 0 Å². The first-order valence-corrected chi connectivity index (χ1v) is 7.76. The van der Waals surface area contributed by atoms with E-state index in [1.54, 1.807) is 0 Å². The number of rotatable bonds is 13. The van der Waals surface area contributed by atoms with E-state index in [0.29, 0.717) is 25.7 Å². The summed E-state index contributed by atoms with van der Waals surface area (Å²) in [5.41, 5.74) is 0. The Morgan fingerprint density at radius 3 is 1.56 bits per heavy atom. The van der Waals surface area contributed by atoms with Gasteiger partial charge in [0.15, 0.2) is 0 Å². The van der Waals surface area contributed by atoms with Gasteiger partial charge in [0.25, 0.3) is 5.97 Å². The maximum Gasteiger partial charge on any atom is 0.282 e. The lowest BCUT2D eigenvalue weighted by atomic mass is 10.2. The molecule has 0 aromatic carbocycles. The quantitative estimate of drug-likeness (QED) is 0.285. The fourth-order valence-corrected chi connectivity index (χ4v) is 1.74. The van der Waals surface area contributed by atoms with Crippen molar-refractivity contribution in [3.05, 3.63) is 0 Å². The van der Waals surface area contributed by atoms with Gasteiger partial charge in [-0.25, -0.2) is 0 Å². The fourth-order valence-electron chi connectivity index (χ4n) is 1.55. The lowest BCUT2D eigenvalue weighted by Crippen LogP contribution is -2.40. The van der Waals surface area contributed by atoms with Crippen LogP contribution >= 0.6 is 11.6 Å². The van der Waals surface area contributed by atoms with E-state index < -0.39 is 5.97 Å². The zero-order valence-corrected chi connectivity index (χ0v) is 12.9. The molecule has 0 saturated heterocycles. The van der Waals surface area contributed by atoms with Gasteiger partial charge in [0, 0.05) is 12.3 Å². The van der Waals surface area contributed by atoms with E-state index in [0.717, 1.165) is 38.5 Å². The molecule has 0 radical (unpaired) electrons. The van der Waals surface area contributed by atoms with Crippen LogP contribution in [0.5, 0.6) is 0 Å². The van der Waals surface area contributed by atoms with Crippen LogP contribution in [0.4, 0.5) is 0 Å². The first kappa shape index (κ1) is 18.2. The Balaban J connectivity index is 4.41. The van der Waals surface area contributed by atoms with E-state index >= 15 is 0 Å². The molecule has 110 valence electrons. The first-order chi connectivity index (χ1) is 8.74. The van der Waals surface area contributed by atoms with Crippen molar-refractivity contribution >= 4 is 11.6 Å². The first-order valence-electron chi connectivity index (χ1n) is 7.22. The number of hydrogen-bond donors (Lipinski definition) is 0. The van der Waals surface area contributed by atoms with Gasteiger partial charge in [-0.3, -0.25) is 0 Å². The predicted octanol–water partition coefficient (Wildman–Crippen LogP) is 4.33. The van der Waals surface area contributed by atoms with Gasteiger partial charge in [-0.15, -0.1) is 11.6 Å². The van der Waals surface area contributed by atoms with Gasteiger partial charge < -0.3 is 14.2 Å². The van der Waals surface area contributed by atoms with Crippen molar-refractivity contribution in [2.24, 2.45) is 0 Å². The fraction of sp³-hybridized carbons (Fsp3) is 1.00. The summed E-state index contributed by atoms with van der Waals surface area (Å²) in [7, 11) is 0. The van der Waals surface area contributed by atoms with Gasteiger partial charge in [-0.2, -0.15) is 0 Å². The van der Waals surface area contributed by atoms with Crippen molar-refractivity contribution < 1.29 is 14.2 Å². The summed E-state index contributed by atoms with van der Waals surface area (Å²) in [6.07, 6.45) is 5.55. The highest BCUT2D eigenvalue weighted by Gasteiger charge is 2.32. The highest BCUT2D eigenvalue weighted by atomic mass is 35.5. The molecule has 0 rings (SSSR count). The molecule has 0 aliphatic rings. The van der Waals surface area contributed by atoms with Gasteiger partial charge in [-0.05, 0) is 32.1 Å². The highest BCUT2D eigenvalue weighted by molar-refractivity contribution is 6.17. The second-order valence-electron chi connectivity index (χ2n) is 4.37. The Hall–Kier alpha value is 0.170. The lowest BCUT2D eigenvalue weighted by Gasteiger charge is -2.33. The third kappa shape index (κ3) is 8.30. The van der Waals surface area contributed by atoms with E-state index in [2.05, 4.69) is 20.8 Å². The largest absolute Gasteiger partial charge is 0.327 e. The van der Waals surface area contributed by atoms with Crippen LogP contribution in [-0.2, 0) is 14.2 Å². The molecule has 0 bridgehead atoms. The Labute approximate surface area is 117 Å². The second-order valence-corrected chi connectivity index (χ2v) is 4.75. The third-order valence-electron chi connectivity index (χ3n) is 2.44. The Kier molecular flexibility index (Phi) is 12.3. The maximum absolute atomic E-state index is 5.84. The topological polar surface area (TPSA) is 27.7 Å². The van der Waals surface area contributed by atoms with Crippen molar-refractivity contribution in [2.75, 3.05) is 25.7 Å². The molecule has 0 N–H and O–H groups in total. The van der Waals surface area contributed by atoms with Crippen molar-refractivity contribution in [1.82, 2.24) is 0 Å². The van der Waals surface area contributed by atoms with Crippen LogP contribution in [0.3, 0.4) is 0 Å². The molecule has 0 spiro atoms. The average Bonchev–Trinajstić information content (AvgIpc) is 2.40. The van der Waals surface area contributed by atoms with Crippen molar-refractivity contribution in [3.8, 4) is 0 Å². The molecule has 0 aromatic heterocycles. The van der Waals surface area contributed by atoms with Crippen LogP contribution in [0.15, 0.2) is 0 Å². The lowest BCUT2D eigenvalue weighted by molar-refractivity contribution is -0.383. The third-order valence-corrected chi connectivity index (χ3v) is 2.71. The molecular weight excluding hydrogens is 252 g/mol. The summed E-state index contributed by atoms with van der Waals surface area (Å²) in [5, 5.41) is 0. The molecule has 0 unspecified atom stereocenters. The number of alkyl halides is 1. The summed E-state index contributed by atoms with van der Waals surface area (Å²) in [6.45, 7) is 8.24. The highest BCUT2D eigenvalue weighted by Crippen LogP contribution is 2.24. The Morgan fingerprint density at radius 2 is 1.22 bits per heavy atom. The Bertz CT molecular complexity index is 155. The van der Waals surface area contributed by atoms with E-state index in [-0.39, 0.29) is 0 Å². The van der Waals surface area contributed by atoms with Crippen LogP contribution in [-0.4, -0.2) is 31.7 Å². The van der Waals surface area contributed by atoms with Gasteiger partial charge in [0.1, 0.15) is 0 Å². The maximum atomic E-state index is 5.84. The standard InChI is InChI=1S/C14H29ClO3/c1-4-11-16-14(17-12-5-2,18-13-6-3)9-7-8-10-15/h4-13H2,1-3H3. The monoisotopic (exact) mass is 280 g/mol. The molecule has 0 heterocycles. The van der Waals surface area contributed by atoms with E-state index in [1.165, 1.54) is 0 Å². The molecule has 4 heteroatoms. The molecule has 0 aromatic rings. The SMILES string of the molecule is CCCOC(CCCCCl)(OCCC)OCCC. The smallest absolute Gasteiger partial charge is 0.282 e. The van der Waals surface area contributed by atoms with Crippen molar-refractivity contribution in [3.63, 3.8) is 0 Å². The van der Waals surface area contributed by atoms with Gasteiger partial charge in [-0.1, -0.05) is 20.8 Å². The number of halogens is 1. The summed E-state index contributed by atoms with van der Waals surface area (Å²) < 4.78 is 17.5. The molecular formula is C14H29ClO3.